The lowest BCUT2D eigenvalue weighted by molar-refractivity contribution is 0.0665. The van der Waals surface area contributed by atoms with E-state index in [1.54, 1.807) is 18.0 Å². The lowest BCUT2D eigenvalue weighted by Crippen LogP contribution is -2.42. The summed E-state index contributed by atoms with van der Waals surface area (Å²) in [4.78, 5) is 27.2. The van der Waals surface area contributed by atoms with Gasteiger partial charge >= 0.3 is 0 Å². The van der Waals surface area contributed by atoms with Gasteiger partial charge in [-0.15, -0.1) is 0 Å². The third kappa shape index (κ3) is 4.16. The highest BCUT2D eigenvalue weighted by Crippen LogP contribution is 2.24. The number of benzene rings is 1. The lowest BCUT2D eigenvalue weighted by atomic mass is 9.91. The highest BCUT2D eigenvalue weighted by atomic mass is 19.1. The molecule has 1 aliphatic rings. The zero-order chi connectivity index (χ0) is 20.4. The standard InChI is InChI=1S/C22H26F2N2O2/c1-14-11-19(21(27)25(3)15(14)2)22(28)26-10-4-5-16(13-26)6-7-17-8-9-18(23)12-20(17)24/h8-9,11-12,16H,4-7,10,13H2,1-3H3/t16-/m1/s1. The predicted molar refractivity (Wildman–Crippen MR) is 104 cm³/mol. The van der Waals surface area contributed by atoms with Crippen LogP contribution in [-0.2, 0) is 13.5 Å². The number of hydrogen-bond acceptors (Lipinski definition) is 2. The second-order valence-corrected chi connectivity index (χ2v) is 7.72. The molecule has 0 aliphatic carbocycles. The number of nitrogens with zero attached hydrogens (tertiary/aromatic N) is 2. The minimum absolute atomic E-state index is 0.204. The van der Waals surface area contributed by atoms with Crippen molar-refractivity contribution in [2.24, 2.45) is 13.0 Å². The van der Waals surface area contributed by atoms with E-state index in [1.165, 1.54) is 16.7 Å². The first-order chi connectivity index (χ1) is 13.3. The minimum Gasteiger partial charge on any atom is -0.338 e. The van der Waals surface area contributed by atoms with E-state index in [0.717, 1.165) is 36.6 Å². The van der Waals surface area contributed by atoms with E-state index in [2.05, 4.69) is 0 Å². The number of piperidine rings is 1. The molecule has 6 heteroatoms. The first-order valence-corrected chi connectivity index (χ1v) is 9.68. The second-order valence-electron chi connectivity index (χ2n) is 7.72. The van der Waals surface area contributed by atoms with Crippen molar-refractivity contribution in [2.75, 3.05) is 13.1 Å². The molecule has 0 spiro atoms. The number of halogens is 2. The average molecular weight is 388 g/mol. The molecule has 3 rings (SSSR count). The minimum atomic E-state index is -0.578. The molecule has 1 aromatic heterocycles. The Kier molecular flexibility index (Phi) is 5.96. The number of likely N-dealkylation sites (tertiary alicyclic amines) is 1. The zero-order valence-corrected chi connectivity index (χ0v) is 16.6. The van der Waals surface area contributed by atoms with E-state index in [4.69, 9.17) is 0 Å². The van der Waals surface area contributed by atoms with E-state index < -0.39 is 11.6 Å². The molecule has 1 atom stereocenters. The van der Waals surface area contributed by atoms with Crippen molar-refractivity contribution < 1.29 is 13.6 Å². The van der Waals surface area contributed by atoms with E-state index in [0.29, 0.717) is 25.1 Å². The molecule has 28 heavy (non-hydrogen) atoms. The van der Waals surface area contributed by atoms with Gasteiger partial charge < -0.3 is 9.47 Å². The number of aromatic nitrogens is 1. The van der Waals surface area contributed by atoms with Crippen LogP contribution >= 0.6 is 0 Å². The largest absolute Gasteiger partial charge is 0.338 e. The number of rotatable bonds is 4. The maximum absolute atomic E-state index is 13.8. The van der Waals surface area contributed by atoms with Crippen molar-refractivity contribution in [1.82, 2.24) is 9.47 Å². The summed E-state index contributed by atoms with van der Waals surface area (Å²) in [5.41, 5.74) is 2.18. The van der Waals surface area contributed by atoms with Crippen molar-refractivity contribution >= 4 is 5.91 Å². The van der Waals surface area contributed by atoms with Crippen LogP contribution in [0.2, 0.25) is 0 Å². The van der Waals surface area contributed by atoms with Crippen molar-refractivity contribution in [3.8, 4) is 0 Å². The quantitative estimate of drug-likeness (QED) is 0.800. The van der Waals surface area contributed by atoms with Crippen molar-refractivity contribution in [3.63, 3.8) is 0 Å². The van der Waals surface area contributed by atoms with Gasteiger partial charge in [-0.05, 0) is 68.7 Å². The van der Waals surface area contributed by atoms with E-state index >= 15 is 0 Å². The van der Waals surface area contributed by atoms with Crippen LogP contribution in [0, 0.1) is 31.4 Å². The summed E-state index contributed by atoms with van der Waals surface area (Å²) < 4.78 is 28.4. The van der Waals surface area contributed by atoms with Crippen LogP contribution in [0.4, 0.5) is 8.78 Å². The van der Waals surface area contributed by atoms with E-state index in [1.807, 2.05) is 13.8 Å². The average Bonchev–Trinajstić information content (AvgIpc) is 2.68. The van der Waals surface area contributed by atoms with Gasteiger partial charge in [0.15, 0.2) is 0 Å². The summed E-state index contributed by atoms with van der Waals surface area (Å²) in [5, 5.41) is 0. The molecule has 2 heterocycles. The van der Waals surface area contributed by atoms with Gasteiger partial charge in [0.05, 0.1) is 0 Å². The Morgan fingerprint density at radius 2 is 1.96 bits per heavy atom. The molecule has 0 unspecified atom stereocenters. The summed E-state index contributed by atoms with van der Waals surface area (Å²) in [5.74, 6) is -1.10. The number of amides is 1. The van der Waals surface area contributed by atoms with Crippen LogP contribution in [0.3, 0.4) is 0 Å². The molecule has 1 aromatic carbocycles. The lowest BCUT2D eigenvalue weighted by Gasteiger charge is -2.33. The van der Waals surface area contributed by atoms with Crippen LogP contribution in [0.25, 0.3) is 0 Å². The Hall–Kier alpha value is -2.50. The number of aryl methyl sites for hydroxylation is 2. The first kappa shape index (κ1) is 20.2. The fourth-order valence-corrected chi connectivity index (χ4v) is 3.87. The topological polar surface area (TPSA) is 42.3 Å². The van der Waals surface area contributed by atoms with Gasteiger partial charge in [0.1, 0.15) is 17.2 Å². The van der Waals surface area contributed by atoms with Crippen molar-refractivity contribution in [3.05, 3.63) is 68.6 Å². The molecule has 0 N–H and O–H groups in total. The fourth-order valence-electron chi connectivity index (χ4n) is 3.87. The monoisotopic (exact) mass is 388 g/mol. The van der Waals surface area contributed by atoms with Gasteiger partial charge in [-0.3, -0.25) is 9.59 Å². The molecule has 0 saturated carbocycles. The molecule has 1 saturated heterocycles. The molecule has 0 bridgehead atoms. The SMILES string of the molecule is Cc1cc(C(=O)N2CCC[C@H](CCc3ccc(F)cc3F)C2)c(=O)n(C)c1C. The predicted octanol–water partition coefficient (Wildman–Crippen LogP) is 3.77. The van der Waals surface area contributed by atoms with Crippen LogP contribution in [0.1, 0.15) is 46.4 Å². The fraction of sp³-hybridized carbons (Fsp3) is 0.455. The third-order valence-corrected chi connectivity index (χ3v) is 5.84. The zero-order valence-electron chi connectivity index (χ0n) is 16.6. The molecule has 1 amide bonds. The highest BCUT2D eigenvalue weighted by molar-refractivity contribution is 5.94. The number of pyridine rings is 1. The van der Waals surface area contributed by atoms with E-state index in [9.17, 15) is 18.4 Å². The number of carbonyl (C=O) groups is 1. The number of hydrogen-bond donors (Lipinski definition) is 0. The Morgan fingerprint density at radius 1 is 1.21 bits per heavy atom. The molecule has 2 aromatic rings. The van der Waals surface area contributed by atoms with Crippen molar-refractivity contribution in [1.29, 1.82) is 0 Å². The van der Waals surface area contributed by atoms with E-state index in [-0.39, 0.29) is 22.9 Å². The second kappa shape index (κ2) is 8.25. The van der Waals surface area contributed by atoms with Gasteiger partial charge in [0.25, 0.3) is 11.5 Å². The molecule has 1 aliphatic heterocycles. The maximum Gasteiger partial charge on any atom is 0.263 e. The number of carbonyl (C=O) groups excluding carboxylic acids is 1. The molecular weight excluding hydrogens is 362 g/mol. The van der Waals surface area contributed by atoms with Gasteiger partial charge in [-0.2, -0.15) is 0 Å². The summed E-state index contributed by atoms with van der Waals surface area (Å²) in [6.45, 7) is 4.92. The third-order valence-electron chi connectivity index (χ3n) is 5.84. The van der Waals surface area contributed by atoms with Gasteiger partial charge in [-0.1, -0.05) is 6.07 Å². The molecule has 0 radical (unpaired) electrons. The Morgan fingerprint density at radius 3 is 2.68 bits per heavy atom. The van der Waals surface area contributed by atoms with Gasteiger partial charge in [-0.25, -0.2) is 8.78 Å². The highest BCUT2D eigenvalue weighted by Gasteiger charge is 2.26. The van der Waals surface area contributed by atoms with Gasteiger partial charge in [0, 0.05) is 31.9 Å². The first-order valence-electron chi connectivity index (χ1n) is 9.68. The van der Waals surface area contributed by atoms with Crippen molar-refractivity contribution in [2.45, 2.75) is 39.5 Å². The molecule has 4 nitrogen and oxygen atoms in total. The summed E-state index contributed by atoms with van der Waals surface area (Å²) in [6, 6.07) is 5.33. The van der Waals surface area contributed by atoms with Crippen LogP contribution < -0.4 is 5.56 Å². The Balaban J connectivity index is 1.69. The molecule has 150 valence electrons. The molecular formula is C22H26F2N2O2. The van der Waals surface area contributed by atoms with Gasteiger partial charge in [0.2, 0.25) is 0 Å². The maximum atomic E-state index is 13.8. The van der Waals surface area contributed by atoms with Crippen LogP contribution in [0.15, 0.2) is 29.1 Å². The van der Waals surface area contributed by atoms with Crippen LogP contribution in [0.5, 0.6) is 0 Å². The summed E-state index contributed by atoms with van der Waals surface area (Å²) in [7, 11) is 1.68. The normalized spacial score (nSPS) is 17.0. The summed E-state index contributed by atoms with van der Waals surface area (Å²) >= 11 is 0. The van der Waals surface area contributed by atoms with Crippen LogP contribution in [-0.4, -0.2) is 28.5 Å². The Labute approximate surface area is 163 Å². The Bertz CT molecular complexity index is 952. The smallest absolute Gasteiger partial charge is 0.263 e. The summed E-state index contributed by atoms with van der Waals surface area (Å²) in [6.07, 6.45) is 3.03. The molecule has 1 fully saturated rings.